The second-order valence-electron chi connectivity index (χ2n) is 5.74. The van der Waals surface area contributed by atoms with Crippen molar-refractivity contribution in [1.82, 2.24) is 9.80 Å². The lowest BCUT2D eigenvalue weighted by molar-refractivity contribution is -0.137. The van der Waals surface area contributed by atoms with Gasteiger partial charge in [0.15, 0.2) is 0 Å². The topological polar surface area (TPSA) is 23.6 Å². The first-order valence-corrected chi connectivity index (χ1v) is 7.89. The summed E-state index contributed by atoms with van der Waals surface area (Å²) in [6, 6.07) is 6.67. The molecule has 1 aromatic rings. The fourth-order valence-electron chi connectivity index (χ4n) is 2.87. The molecule has 0 aliphatic carbocycles. The molecule has 0 aromatic heterocycles. The number of piperazine rings is 1. The summed E-state index contributed by atoms with van der Waals surface area (Å²) in [7, 11) is 0. The van der Waals surface area contributed by atoms with E-state index in [0.717, 1.165) is 51.1 Å². The first-order valence-electron chi connectivity index (χ1n) is 7.89. The van der Waals surface area contributed by atoms with Gasteiger partial charge in [0, 0.05) is 38.6 Å². The zero-order valence-corrected chi connectivity index (χ0v) is 13.0. The third kappa shape index (κ3) is 4.27. The van der Waals surface area contributed by atoms with E-state index < -0.39 is 0 Å². The molecule has 0 radical (unpaired) electrons. The Kier molecular flexibility index (Phi) is 5.74. The van der Waals surface area contributed by atoms with Gasteiger partial charge < -0.3 is 4.90 Å². The van der Waals surface area contributed by atoms with Crippen LogP contribution in [0.1, 0.15) is 32.3 Å². The van der Waals surface area contributed by atoms with Crippen molar-refractivity contribution in [3.63, 3.8) is 0 Å². The van der Waals surface area contributed by atoms with Crippen molar-refractivity contribution in [2.24, 2.45) is 5.92 Å². The molecule has 1 fully saturated rings. The molecule has 2 rings (SSSR count). The second kappa shape index (κ2) is 7.55. The lowest BCUT2D eigenvalue weighted by atomic mass is 10.0. The number of hydrogen-bond acceptors (Lipinski definition) is 2. The van der Waals surface area contributed by atoms with Gasteiger partial charge in [-0.25, -0.2) is 4.39 Å². The Labute approximate surface area is 126 Å². The molecule has 1 aromatic carbocycles. The predicted molar refractivity (Wildman–Crippen MR) is 82.3 cm³/mol. The Morgan fingerprint density at radius 2 is 1.67 bits per heavy atom. The molecule has 1 amide bonds. The number of halogens is 1. The van der Waals surface area contributed by atoms with Gasteiger partial charge in [-0.1, -0.05) is 26.0 Å². The Hall–Kier alpha value is -1.42. The van der Waals surface area contributed by atoms with Crippen LogP contribution in [0.5, 0.6) is 0 Å². The highest BCUT2D eigenvalue weighted by molar-refractivity contribution is 5.78. The zero-order valence-electron chi connectivity index (χ0n) is 13.0. The maximum atomic E-state index is 12.9. The maximum Gasteiger partial charge on any atom is 0.225 e. The third-order valence-electron chi connectivity index (χ3n) is 4.34. The van der Waals surface area contributed by atoms with Crippen molar-refractivity contribution in [3.05, 3.63) is 35.6 Å². The predicted octanol–water partition coefficient (Wildman–Crippen LogP) is 2.91. The van der Waals surface area contributed by atoms with E-state index in [1.54, 1.807) is 0 Å². The number of rotatable bonds is 5. The van der Waals surface area contributed by atoms with Crippen molar-refractivity contribution in [2.45, 2.75) is 33.2 Å². The van der Waals surface area contributed by atoms with Gasteiger partial charge in [-0.15, -0.1) is 0 Å². The molecule has 4 heteroatoms. The summed E-state index contributed by atoms with van der Waals surface area (Å²) in [5, 5.41) is 0. The van der Waals surface area contributed by atoms with E-state index in [0.29, 0.717) is 5.91 Å². The average molecular weight is 292 g/mol. The molecule has 0 unspecified atom stereocenters. The lowest BCUT2D eigenvalue weighted by Crippen LogP contribution is -2.49. The van der Waals surface area contributed by atoms with Gasteiger partial charge in [-0.3, -0.25) is 9.69 Å². The molecule has 116 valence electrons. The van der Waals surface area contributed by atoms with Crippen molar-refractivity contribution < 1.29 is 9.18 Å². The highest BCUT2D eigenvalue weighted by Crippen LogP contribution is 2.15. The van der Waals surface area contributed by atoms with Gasteiger partial charge in [0.2, 0.25) is 5.91 Å². The van der Waals surface area contributed by atoms with E-state index in [4.69, 9.17) is 0 Å². The molecule has 1 aliphatic rings. The highest BCUT2D eigenvalue weighted by Gasteiger charge is 2.25. The maximum absolute atomic E-state index is 12.9. The summed E-state index contributed by atoms with van der Waals surface area (Å²) in [4.78, 5) is 16.7. The molecular formula is C17H25FN2O. The summed E-state index contributed by atoms with van der Waals surface area (Å²) in [6.07, 6.45) is 1.84. The smallest absolute Gasteiger partial charge is 0.225 e. The average Bonchev–Trinajstić information content (AvgIpc) is 2.51. The number of amides is 1. The molecule has 1 saturated heterocycles. The summed E-state index contributed by atoms with van der Waals surface area (Å²) >= 11 is 0. The first kappa shape index (κ1) is 16.0. The number of carbonyl (C=O) groups excluding carboxylic acids is 1. The van der Waals surface area contributed by atoms with Gasteiger partial charge in [0.25, 0.3) is 0 Å². The Morgan fingerprint density at radius 1 is 1.10 bits per heavy atom. The van der Waals surface area contributed by atoms with Gasteiger partial charge in [0.1, 0.15) is 5.82 Å². The number of benzene rings is 1. The van der Waals surface area contributed by atoms with Gasteiger partial charge >= 0.3 is 0 Å². The zero-order chi connectivity index (χ0) is 15.2. The third-order valence-corrected chi connectivity index (χ3v) is 4.34. The largest absolute Gasteiger partial charge is 0.340 e. The fourth-order valence-corrected chi connectivity index (χ4v) is 2.87. The van der Waals surface area contributed by atoms with Crippen LogP contribution in [0, 0.1) is 11.7 Å². The molecule has 1 heterocycles. The molecule has 0 saturated carbocycles. The Morgan fingerprint density at radius 3 is 2.19 bits per heavy atom. The molecule has 0 N–H and O–H groups in total. The van der Waals surface area contributed by atoms with Crippen LogP contribution in [0.2, 0.25) is 0 Å². The van der Waals surface area contributed by atoms with Crippen LogP contribution in [0.4, 0.5) is 4.39 Å². The monoisotopic (exact) mass is 292 g/mol. The van der Waals surface area contributed by atoms with Crippen LogP contribution in [0.15, 0.2) is 24.3 Å². The van der Waals surface area contributed by atoms with Crippen LogP contribution in [0.3, 0.4) is 0 Å². The quantitative estimate of drug-likeness (QED) is 0.833. The molecule has 21 heavy (non-hydrogen) atoms. The minimum atomic E-state index is -0.195. The van der Waals surface area contributed by atoms with E-state index in [1.165, 1.54) is 12.1 Å². The molecular weight excluding hydrogens is 267 g/mol. The van der Waals surface area contributed by atoms with E-state index >= 15 is 0 Å². The van der Waals surface area contributed by atoms with E-state index in [-0.39, 0.29) is 11.7 Å². The molecule has 0 bridgehead atoms. The molecule has 0 atom stereocenters. The van der Waals surface area contributed by atoms with Crippen molar-refractivity contribution in [1.29, 1.82) is 0 Å². The van der Waals surface area contributed by atoms with Crippen LogP contribution in [0.25, 0.3) is 0 Å². The van der Waals surface area contributed by atoms with E-state index in [1.807, 2.05) is 17.0 Å². The molecule has 3 nitrogen and oxygen atoms in total. The second-order valence-corrected chi connectivity index (χ2v) is 5.74. The molecule has 1 aliphatic heterocycles. The lowest BCUT2D eigenvalue weighted by Gasteiger charge is -2.36. The van der Waals surface area contributed by atoms with Crippen molar-refractivity contribution >= 4 is 5.91 Å². The molecule has 0 spiro atoms. The Bertz CT molecular complexity index is 448. The van der Waals surface area contributed by atoms with Crippen LogP contribution < -0.4 is 0 Å². The van der Waals surface area contributed by atoms with E-state index in [2.05, 4.69) is 18.7 Å². The summed E-state index contributed by atoms with van der Waals surface area (Å²) < 4.78 is 12.9. The standard InChI is InChI=1S/C17H25FN2O/c1-3-15(4-2)17(21)20-11-9-19(10-12-20)13-14-5-7-16(18)8-6-14/h5-8,15H,3-4,9-13H2,1-2H3. The minimum Gasteiger partial charge on any atom is -0.340 e. The Balaban J connectivity index is 1.83. The van der Waals surface area contributed by atoms with Crippen LogP contribution >= 0.6 is 0 Å². The highest BCUT2D eigenvalue weighted by atomic mass is 19.1. The number of carbonyl (C=O) groups is 1. The van der Waals surface area contributed by atoms with Crippen molar-refractivity contribution in [3.8, 4) is 0 Å². The van der Waals surface area contributed by atoms with Crippen LogP contribution in [-0.4, -0.2) is 41.9 Å². The number of hydrogen-bond donors (Lipinski definition) is 0. The normalized spacial score (nSPS) is 16.5. The summed E-state index contributed by atoms with van der Waals surface area (Å²) in [5.74, 6) is 0.286. The fraction of sp³-hybridized carbons (Fsp3) is 0.588. The first-order chi connectivity index (χ1) is 10.1. The van der Waals surface area contributed by atoms with Crippen LogP contribution in [-0.2, 0) is 11.3 Å². The van der Waals surface area contributed by atoms with Gasteiger partial charge in [-0.2, -0.15) is 0 Å². The summed E-state index contributed by atoms with van der Waals surface area (Å²) in [5.41, 5.74) is 1.12. The van der Waals surface area contributed by atoms with Gasteiger partial charge in [0.05, 0.1) is 0 Å². The SMILES string of the molecule is CCC(CC)C(=O)N1CCN(Cc2ccc(F)cc2)CC1. The summed E-state index contributed by atoms with van der Waals surface area (Å²) in [6.45, 7) is 8.38. The van der Waals surface area contributed by atoms with Crippen molar-refractivity contribution in [2.75, 3.05) is 26.2 Å². The number of nitrogens with zero attached hydrogens (tertiary/aromatic N) is 2. The van der Waals surface area contributed by atoms with E-state index in [9.17, 15) is 9.18 Å². The van der Waals surface area contributed by atoms with Gasteiger partial charge in [-0.05, 0) is 30.5 Å². The minimum absolute atomic E-state index is 0.175.